The van der Waals surface area contributed by atoms with Crippen molar-refractivity contribution >= 4 is 23.2 Å². The van der Waals surface area contributed by atoms with E-state index < -0.39 is 13.5 Å². The zero-order valence-electron chi connectivity index (χ0n) is 18.8. The Hall–Kier alpha value is -1.75. The molecule has 0 bridgehead atoms. The highest BCUT2D eigenvalue weighted by molar-refractivity contribution is 5.85. The predicted molar refractivity (Wildman–Crippen MR) is 104 cm³/mol. The fraction of sp³-hybridized carbons (Fsp3) is 0.333. The highest BCUT2D eigenvalue weighted by atomic mass is 35.5. The lowest BCUT2D eigenvalue weighted by Gasteiger charge is -2.15. The van der Waals surface area contributed by atoms with Crippen molar-refractivity contribution in [3.8, 4) is 11.8 Å². The first-order valence-corrected chi connectivity index (χ1v) is 7.37. The van der Waals surface area contributed by atoms with Gasteiger partial charge in [-0.1, -0.05) is 60.4 Å². The second kappa shape index (κ2) is 8.77. The van der Waals surface area contributed by atoms with Gasteiger partial charge in [-0.2, -0.15) is 0 Å². The highest BCUT2D eigenvalue weighted by Crippen LogP contribution is 2.19. The fourth-order valence-corrected chi connectivity index (χ4v) is 1.99. The van der Waals surface area contributed by atoms with Gasteiger partial charge in [-0.15, -0.1) is 12.4 Å². The molecule has 0 atom stereocenters. The number of allylic oxidation sites excluding steroid dienone is 1. The summed E-state index contributed by atoms with van der Waals surface area (Å²) in [6.07, 6.45) is 3.18. The Bertz CT molecular complexity index is 880. The van der Waals surface area contributed by atoms with Crippen LogP contribution >= 0.6 is 12.4 Å². The van der Waals surface area contributed by atoms with Crippen molar-refractivity contribution in [2.45, 2.75) is 27.3 Å². The van der Waals surface area contributed by atoms with E-state index >= 15 is 0 Å². The monoisotopic (exact) mass is 332 g/mol. The lowest BCUT2D eigenvalue weighted by Crippen LogP contribution is -2.17. The van der Waals surface area contributed by atoms with Gasteiger partial charge in [0.25, 0.3) is 0 Å². The summed E-state index contributed by atoms with van der Waals surface area (Å²) >= 11 is 0. The van der Waals surface area contributed by atoms with Crippen LogP contribution in [0.3, 0.4) is 0 Å². The van der Waals surface area contributed by atoms with Gasteiger partial charge < -0.3 is 0 Å². The van der Waals surface area contributed by atoms with Gasteiger partial charge in [0.1, 0.15) is 0 Å². The van der Waals surface area contributed by atoms with Gasteiger partial charge in [0.05, 0.1) is 0 Å². The minimum Gasteiger partial charge on any atom is -0.298 e. The van der Waals surface area contributed by atoms with Gasteiger partial charge in [-0.25, -0.2) is 0 Å². The molecule has 0 unspecified atom stereocenters. The van der Waals surface area contributed by atoms with Crippen molar-refractivity contribution in [2.75, 3.05) is 13.5 Å². The Morgan fingerprint density at radius 2 is 1.91 bits per heavy atom. The van der Waals surface area contributed by atoms with E-state index in [4.69, 9.17) is 6.85 Å². The molecule has 1 nitrogen and oxygen atoms in total. The van der Waals surface area contributed by atoms with Crippen LogP contribution in [0.5, 0.6) is 0 Å². The maximum absolute atomic E-state index is 8.60. The molecule has 0 aliphatic carbocycles. The lowest BCUT2D eigenvalue weighted by atomic mass is 9.98. The molecule has 0 N–H and O–H groups in total. The molecule has 0 saturated carbocycles. The van der Waals surface area contributed by atoms with E-state index in [0.717, 1.165) is 10.3 Å². The largest absolute Gasteiger partial charge is 0.298 e. The predicted octanol–water partition coefficient (Wildman–Crippen LogP) is 5.30. The summed E-state index contributed by atoms with van der Waals surface area (Å²) in [5, 5.41) is 1.58. The average Bonchev–Trinajstić information content (AvgIpc) is 2.55. The summed E-state index contributed by atoms with van der Waals surface area (Å²) in [4.78, 5) is 0.886. The Morgan fingerprint density at radius 1 is 1.17 bits per heavy atom. The summed E-state index contributed by atoms with van der Waals surface area (Å²) in [5.74, 6) is 5.93. The quantitative estimate of drug-likeness (QED) is 0.687. The molecule has 0 spiro atoms. The number of hydrogen-bond acceptors (Lipinski definition) is 1. The molecular formula is C21H26ClN. The zero-order valence-corrected chi connectivity index (χ0v) is 14.6. The lowest BCUT2D eigenvalue weighted by molar-refractivity contribution is 0.365. The summed E-state index contributed by atoms with van der Waals surface area (Å²) in [5.41, 5.74) is 0.192. The van der Waals surface area contributed by atoms with Crippen LogP contribution in [0.2, 0.25) is 0 Å². The minimum absolute atomic E-state index is 0. The molecule has 0 heterocycles. The van der Waals surface area contributed by atoms with Gasteiger partial charge in [0, 0.05) is 25.3 Å². The first kappa shape index (κ1) is 12.6. The molecule has 0 fully saturated rings. The maximum atomic E-state index is 8.60. The minimum atomic E-state index is -2.59. The fourth-order valence-electron chi connectivity index (χ4n) is 1.99. The normalized spacial score (nSPS) is 15.7. The van der Waals surface area contributed by atoms with E-state index in [1.807, 2.05) is 51.1 Å². The Morgan fingerprint density at radius 3 is 2.65 bits per heavy atom. The van der Waals surface area contributed by atoms with E-state index in [0.29, 0.717) is 10.9 Å². The Labute approximate surface area is 153 Å². The van der Waals surface area contributed by atoms with Crippen molar-refractivity contribution < 1.29 is 6.85 Å². The molecular weight excluding hydrogens is 302 g/mol. The molecule has 23 heavy (non-hydrogen) atoms. The standard InChI is InChI=1S/C21H25N.ClH/c1-21(2,3)15-8-5-9-16-22(4)17-19-13-10-12-18-11-6-7-14-20(18)19;/h5-7,9-14H,16-17H2,1-4H3;1H/b9-5+;/i4D3,17D2;. The third-order valence-electron chi connectivity index (χ3n) is 2.98. The molecule has 122 valence electrons. The van der Waals surface area contributed by atoms with Crippen LogP contribution in [0.15, 0.2) is 54.6 Å². The van der Waals surface area contributed by atoms with Crippen LogP contribution in [-0.2, 0) is 6.50 Å². The SMILES string of the molecule is Cl.[2H]C([2H])([2H])N(C/C=C/C#CC(C)(C)C)C([2H])([2H])c1cccc2ccccc12. The average molecular weight is 333 g/mol. The van der Waals surface area contributed by atoms with E-state index in [-0.39, 0.29) is 24.4 Å². The van der Waals surface area contributed by atoms with Gasteiger partial charge in [0.2, 0.25) is 0 Å². The molecule has 0 aliphatic heterocycles. The number of benzene rings is 2. The number of likely N-dealkylation sites (N-methyl/N-ethyl adjacent to an activating group) is 1. The van der Waals surface area contributed by atoms with Gasteiger partial charge in [-0.05, 0) is 50.2 Å². The molecule has 0 aliphatic rings. The van der Waals surface area contributed by atoms with E-state index in [1.54, 1.807) is 24.3 Å². The summed E-state index contributed by atoms with van der Waals surface area (Å²) in [7, 11) is 0. The highest BCUT2D eigenvalue weighted by Gasteiger charge is 2.03. The van der Waals surface area contributed by atoms with Gasteiger partial charge in [0.15, 0.2) is 0 Å². The van der Waals surface area contributed by atoms with Crippen LogP contribution in [0.1, 0.15) is 33.2 Å². The number of fused-ring (bicyclic) bond motifs is 1. The van der Waals surface area contributed by atoms with E-state index in [2.05, 4.69) is 11.8 Å². The summed E-state index contributed by atoms with van der Waals surface area (Å²) < 4.78 is 40.7. The van der Waals surface area contributed by atoms with Crippen molar-refractivity contribution in [1.29, 1.82) is 0 Å². The van der Waals surface area contributed by atoms with Crippen LogP contribution < -0.4 is 0 Å². The molecule has 0 amide bonds. The maximum Gasteiger partial charge on any atom is 0.0481 e. The summed E-state index contributed by atoms with van der Waals surface area (Å²) in [6.45, 7) is 1.12. The van der Waals surface area contributed by atoms with Gasteiger partial charge >= 0.3 is 0 Å². The Balaban J connectivity index is 0.00000392. The molecule has 2 heteroatoms. The van der Waals surface area contributed by atoms with Crippen LogP contribution in [0.25, 0.3) is 10.8 Å². The number of rotatable bonds is 4. The first-order chi connectivity index (χ1) is 12.4. The van der Waals surface area contributed by atoms with Crippen LogP contribution in [0.4, 0.5) is 0 Å². The third kappa shape index (κ3) is 6.48. The van der Waals surface area contributed by atoms with E-state index in [1.165, 1.54) is 0 Å². The molecule has 0 aromatic heterocycles. The van der Waals surface area contributed by atoms with Crippen molar-refractivity contribution in [1.82, 2.24) is 4.90 Å². The van der Waals surface area contributed by atoms with Crippen molar-refractivity contribution in [2.24, 2.45) is 5.41 Å². The van der Waals surface area contributed by atoms with Crippen LogP contribution in [-0.4, -0.2) is 18.4 Å². The molecule has 2 aromatic carbocycles. The number of hydrogen-bond donors (Lipinski definition) is 0. The second-order valence-corrected chi connectivity index (χ2v) is 6.17. The zero-order chi connectivity index (χ0) is 20.3. The molecule has 2 rings (SSSR count). The topological polar surface area (TPSA) is 3.24 Å². The summed E-state index contributed by atoms with van der Waals surface area (Å²) in [6, 6.07) is 12.7. The number of nitrogens with zero attached hydrogens (tertiary/aromatic N) is 1. The van der Waals surface area contributed by atoms with E-state index in [9.17, 15) is 0 Å². The van der Waals surface area contributed by atoms with Crippen molar-refractivity contribution in [3.05, 3.63) is 60.2 Å². The smallest absolute Gasteiger partial charge is 0.0481 e. The van der Waals surface area contributed by atoms with Crippen LogP contribution in [0, 0.1) is 17.3 Å². The first-order valence-electron chi connectivity index (χ1n) is 9.87. The number of halogens is 1. The van der Waals surface area contributed by atoms with Crippen molar-refractivity contribution in [3.63, 3.8) is 0 Å². The molecule has 0 radical (unpaired) electrons. The van der Waals surface area contributed by atoms with Gasteiger partial charge in [-0.3, -0.25) is 4.90 Å². The molecule has 0 saturated heterocycles. The third-order valence-corrected chi connectivity index (χ3v) is 2.98. The second-order valence-electron chi connectivity index (χ2n) is 6.17. The molecule has 2 aromatic rings. The Kier molecular flexibility index (Phi) is 4.82.